The highest BCUT2D eigenvalue weighted by Gasteiger charge is 2.42. The maximum atomic E-state index is 12.1. The number of ether oxygens (including phenoxy) is 1. The van der Waals surface area contributed by atoms with Gasteiger partial charge in [-0.05, 0) is 31.9 Å². The highest BCUT2D eigenvalue weighted by Crippen LogP contribution is 2.44. The largest absolute Gasteiger partial charge is 0.496 e. The first-order valence-electron chi connectivity index (χ1n) is 6.14. The number of hydrogen-bond acceptors (Lipinski definition) is 3. The third-order valence-corrected chi connectivity index (χ3v) is 3.52. The lowest BCUT2D eigenvalue weighted by atomic mass is 10.1. The third-order valence-electron chi connectivity index (χ3n) is 3.52. The van der Waals surface area contributed by atoms with E-state index in [1.807, 2.05) is 19.1 Å². The van der Waals surface area contributed by atoms with Crippen molar-refractivity contribution in [2.75, 3.05) is 20.3 Å². The van der Waals surface area contributed by atoms with Crippen molar-refractivity contribution in [1.82, 2.24) is 5.32 Å². The number of benzene rings is 1. The number of aliphatic hydroxyl groups excluding tert-OH is 1. The number of methoxy groups -OCH3 is 1. The van der Waals surface area contributed by atoms with E-state index in [1.165, 1.54) is 0 Å². The van der Waals surface area contributed by atoms with E-state index < -0.39 is 0 Å². The third kappa shape index (κ3) is 2.64. The average molecular weight is 249 g/mol. The predicted molar refractivity (Wildman–Crippen MR) is 68.8 cm³/mol. The van der Waals surface area contributed by atoms with Gasteiger partial charge in [0.1, 0.15) is 5.75 Å². The van der Waals surface area contributed by atoms with Gasteiger partial charge in [-0.25, -0.2) is 0 Å². The van der Waals surface area contributed by atoms with Crippen molar-refractivity contribution in [3.05, 3.63) is 29.3 Å². The molecule has 1 saturated carbocycles. The summed E-state index contributed by atoms with van der Waals surface area (Å²) in [6, 6.07) is 5.52. The Kier molecular flexibility index (Phi) is 3.57. The van der Waals surface area contributed by atoms with Crippen LogP contribution in [0, 0.1) is 12.3 Å². The van der Waals surface area contributed by atoms with Crippen LogP contribution in [0.1, 0.15) is 28.8 Å². The Morgan fingerprint density at radius 3 is 2.78 bits per heavy atom. The molecule has 0 saturated heterocycles. The molecule has 0 atom stereocenters. The van der Waals surface area contributed by atoms with Crippen LogP contribution in [-0.2, 0) is 0 Å². The van der Waals surface area contributed by atoms with Gasteiger partial charge in [0.25, 0.3) is 5.91 Å². The van der Waals surface area contributed by atoms with E-state index in [0.717, 1.165) is 18.4 Å². The monoisotopic (exact) mass is 249 g/mol. The number of carbonyl (C=O) groups is 1. The molecule has 98 valence electrons. The zero-order valence-electron chi connectivity index (χ0n) is 10.8. The van der Waals surface area contributed by atoms with E-state index >= 15 is 0 Å². The normalized spacial score (nSPS) is 16.2. The Morgan fingerprint density at radius 2 is 2.22 bits per heavy atom. The fourth-order valence-corrected chi connectivity index (χ4v) is 1.93. The molecule has 1 amide bonds. The number of nitrogens with one attached hydrogen (secondary N) is 1. The van der Waals surface area contributed by atoms with E-state index in [4.69, 9.17) is 4.74 Å². The molecule has 18 heavy (non-hydrogen) atoms. The number of hydrogen-bond donors (Lipinski definition) is 2. The molecule has 4 heteroatoms. The molecule has 0 unspecified atom stereocenters. The number of rotatable bonds is 5. The summed E-state index contributed by atoms with van der Waals surface area (Å²) in [5.41, 5.74) is 1.49. The summed E-state index contributed by atoms with van der Waals surface area (Å²) in [4.78, 5) is 12.1. The molecule has 1 fully saturated rings. The average Bonchev–Trinajstić information content (AvgIpc) is 3.16. The lowest BCUT2D eigenvalue weighted by Crippen LogP contribution is -2.32. The van der Waals surface area contributed by atoms with Gasteiger partial charge in [-0.3, -0.25) is 4.79 Å². The van der Waals surface area contributed by atoms with E-state index in [-0.39, 0.29) is 17.9 Å². The Hall–Kier alpha value is -1.55. The SMILES string of the molecule is COc1ccc(C)cc1C(=O)NCC1(CO)CC1. The zero-order valence-corrected chi connectivity index (χ0v) is 10.8. The predicted octanol–water partition coefficient (Wildman–Crippen LogP) is 1.51. The topological polar surface area (TPSA) is 58.6 Å². The molecule has 2 rings (SSSR count). The fraction of sp³-hybridized carbons (Fsp3) is 0.500. The molecule has 2 N–H and O–H groups in total. The Bertz CT molecular complexity index is 452. The molecule has 1 aromatic rings. The van der Waals surface area contributed by atoms with E-state index in [1.54, 1.807) is 13.2 Å². The first-order valence-corrected chi connectivity index (χ1v) is 6.14. The smallest absolute Gasteiger partial charge is 0.255 e. The van der Waals surface area contributed by atoms with Crippen molar-refractivity contribution in [2.24, 2.45) is 5.41 Å². The Balaban J connectivity index is 2.06. The standard InChI is InChI=1S/C14H19NO3/c1-10-3-4-12(18-2)11(7-10)13(17)15-8-14(9-16)5-6-14/h3-4,7,16H,5-6,8-9H2,1-2H3,(H,15,17). The molecule has 0 bridgehead atoms. The first-order chi connectivity index (χ1) is 8.60. The van der Waals surface area contributed by atoms with Gasteiger partial charge < -0.3 is 15.2 Å². The highest BCUT2D eigenvalue weighted by molar-refractivity contribution is 5.97. The second-order valence-corrected chi connectivity index (χ2v) is 5.04. The lowest BCUT2D eigenvalue weighted by Gasteiger charge is -2.14. The van der Waals surface area contributed by atoms with Crippen LogP contribution in [0.25, 0.3) is 0 Å². The summed E-state index contributed by atoms with van der Waals surface area (Å²) in [6.07, 6.45) is 1.96. The van der Waals surface area contributed by atoms with Crippen LogP contribution in [0.2, 0.25) is 0 Å². The number of aliphatic hydroxyl groups is 1. The lowest BCUT2D eigenvalue weighted by molar-refractivity contribution is 0.0932. The van der Waals surface area contributed by atoms with Crippen molar-refractivity contribution in [3.63, 3.8) is 0 Å². The highest BCUT2D eigenvalue weighted by atomic mass is 16.5. The van der Waals surface area contributed by atoms with Gasteiger partial charge in [0.15, 0.2) is 0 Å². The number of aryl methyl sites for hydroxylation is 1. The molecule has 0 aliphatic heterocycles. The molecule has 0 aromatic heterocycles. The maximum absolute atomic E-state index is 12.1. The second-order valence-electron chi connectivity index (χ2n) is 5.04. The first kappa shape index (κ1) is 12.9. The van der Waals surface area contributed by atoms with Crippen LogP contribution in [0.15, 0.2) is 18.2 Å². The van der Waals surface area contributed by atoms with Gasteiger partial charge in [0, 0.05) is 12.0 Å². The van der Waals surface area contributed by atoms with E-state index in [2.05, 4.69) is 5.32 Å². The zero-order chi connectivity index (χ0) is 13.2. The van der Waals surface area contributed by atoms with Crippen LogP contribution in [0.3, 0.4) is 0 Å². The molecular formula is C14H19NO3. The minimum atomic E-state index is -0.143. The maximum Gasteiger partial charge on any atom is 0.255 e. The molecule has 0 heterocycles. The van der Waals surface area contributed by atoms with Crippen LogP contribution < -0.4 is 10.1 Å². The molecule has 1 aliphatic rings. The molecule has 1 aromatic carbocycles. The fourth-order valence-electron chi connectivity index (χ4n) is 1.93. The summed E-state index contributed by atoms with van der Waals surface area (Å²) in [6.45, 7) is 2.60. The van der Waals surface area contributed by atoms with Crippen molar-refractivity contribution < 1.29 is 14.6 Å². The Morgan fingerprint density at radius 1 is 1.50 bits per heavy atom. The van der Waals surface area contributed by atoms with Crippen molar-refractivity contribution >= 4 is 5.91 Å². The summed E-state index contributed by atoms with van der Waals surface area (Å²) >= 11 is 0. The van der Waals surface area contributed by atoms with Crippen molar-refractivity contribution in [3.8, 4) is 5.75 Å². The van der Waals surface area contributed by atoms with Gasteiger partial charge in [-0.2, -0.15) is 0 Å². The van der Waals surface area contributed by atoms with Crippen molar-refractivity contribution in [1.29, 1.82) is 0 Å². The molecular weight excluding hydrogens is 230 g/mol. The van der Waals surface area contributed by atoms with E-state index in [9.17, 15) is 9.90 Å². The summed E-state index contributed by atoms with van der Waals surface area (Å²) in [5, 5.41) is 12.1. The van der Waals surface area contributed by atoms with Gasteiger partial charge in [-0.15, -0.1) is 0 Å². The van der Waals surface area contributed by atoms with Gasteiger partial charge in [-0.1, -0.05) is 11.6 Å². The number of amides is 1. The van der Waals surface area contributed by atoms with Crippen LogP contribution in [0.4, 0.5) is 0 Å². The number of carbonyl (C=O) groups excluding carboxylic acids is 1. The minimum absolute atomic E-state index is 0.0767. The second kappa shape index (κ2) is 4.98. The molecule has 1 aliphatic carbocycles. The van der Waals surface area contributed by atoms with Crippen LogP contribution >= 0.6 is 0 Å². The van der Waals surface area contributed by atoms with Gasteiger partial charge >= 0.3 is 0 Å². The molecule has 0 spiro atoms. The van der Waals surface area contributed by atoms with E-state index in [0.29, 0.717) is 17.9 Å². The minimum Gasteiger partial charge on any atom is -0.496 e. The Labute approximate surface area is 107 Å². The summed E-state index contributed by atoms with van der Waals surface area (Å²) < 4.78 is 5.19. The molecule has 0 radical (unpaired) electrons. The van der Waals surface area contributed by atoms with Crippen LogP contribution in [-0.4, -0.2) is 31.3 Å². The van der Waals surface area contributed by atoms with Crippen molar-refractivity contribution in [2.45, 2.75) is 19.8 Å². The quantitative estimate of drug-likeness (QED) is 0.831. The molecule has 4 nitrogen and oxygen atoms in total. The van der Waals surface area contributed by atoms with Crippen LogP contribution in [0.5, 0.6) is 5.75 Å². The summed E-state index contributed by atoms with van der Waals surface area (Å²) in [7, 11) is 1.55. The summed E-state index contributed by atoms with van der Waals surface area (Å²) in [5.74, 6) is 0.433. The van der Waals surface area contributed by atoms with Gasteiger partial charge in [0.2, 0.25) is 0 Å². The van der Waals surface area contributed by atoms with Gasteiger partial charge in [0.05, 0.1) is 19.3 Å².